The zero-order valence-corrected chi connectivity index (χ0v) is 12.9. The lowest BCUT2D eigenvalue weighted by atomic mass is 9.82. The van der Waals surface area contributed by atoms with E-state index in [4.69, 9.17) is 5.73 Å². The fourth-order valence-electron chi connectivity index (χ4n) is 3.34. The Kier molecular flexibility index (Phi) is 4.57. The van der Waals surface area contributed by atoms with E-state index >= 15 is 0 Å². The molecule has 1 aliphatic heterocycles. The number of nitrogens with zero attached hydrogens (tertiary/aromatic N) is 1. The van der Waals surface area contributed by atoms with E-state index in [1.807, 2.05) is 30.3 Å². The maximum absolute atomic E-state index is 11.1. The topological polar surface area (TPSA) is 49.5 Å². The summed E-state index contributed by atoms with van der Waals surface area (Å²) in [6, 6.07) is 18.5. The number of aliphatic hydroxyl groups is 1. The summed E-state index contributed by atoms with van der Waals surface area (Å²) in [5, 5.41) is 11.1. The number of hydrogen-bond acceptors (Lipinski definition) is 3. The number of rotatable bonds is 4. The van der Waals surface area contributed by atoms with Crippen LogP contribution < -0.4 is 5.73 Å². The fourth-order valence-corrected chi connectivity index (χ4v) is 3.34. The molecule has 0 saturated carbocycles. The van der Waals surface area contributed by atoms with Crippen molar-refractivity contribution in [2.45, 2.75) is 31.5 Å². The van der Waals surface area contributed by atoms with E-state index in [9.17, 15) is 5.11 Å². The van der Waals surface area contributed by atoms with Gasteiger partial charge in [-0.1, -0.05) is 54.6 Å². The van der Waals surface area contributed by atoms with Crippen LogP contribution in [0, 0.1) is 0 Å². The van der Waals surface area contributed by atoms with Crippen molar-refractivity contribution in [3.8, 4) is 0 Å². The van der Waals surface area contributed by atoms with Crippen LogP contribution in [0.3, 0.4) is 0 Å². The first-order valence-electron chi connectivity index (χ1n) is 7.98. The Morgan fingerprint density at radius 1 is 0.955 bits per heavy atom. The van der Waals surface area contributed by atoms with E-state index < -0.39 is 5.60 Å². The highest BCUT2D eigenvalue weighted by atomic mass is 16.3. The van der Waals surface area contributed by atoms with Gasteiger partial charge in [-0.15, -0.1) is 0 Å². The minimum absolute atomic E-state index is 0.478. The number of piperidine rings is 1. The molecule has 1 heterocycles. The van der Waals surface area contributed by atoms with Crippen LogP contribution in [0.15, 0.2) is 54.6 Å². The molecule has 3 heteroatoms. The fraction of sp³-hybridized carbons (Fsp3) is 0.368. The molecule has 0 radical (unpaired) electrons. The summed E-state index contributed by atoms with van der Waals surface area (Å²) >= 11 is 0. The summed E-state index contributed by atoms with van der Waals surface area (Å²) in [5.74, 6) is 0. The first-order chi connectivity index (χ1) is 10.7. The van der Waals surface area contributed by atoms with Crippen molar-refractivity contribution in [3.63, 3.8) is 0 Å². The molecule has 3 rings (SSSR count). The highest BCUT2D eigenvalue weighted by Crippen LogP contribution is 2.35. The van der Waals surface area contributed by atoms with Crippen LogP contribution in [0.4, 0.5) is 0 Å². The van der Waals surface area contributed by atoms with E-state index in [1.54, 1.807) is 0 Å². The highest BCUT2D eigenvalue weighted by Gasteiger charge is 2.35. The van der Waals surface area contributed by atoms with Crippen LogP contribution in [-0.4, -0.2) is 23.1 Å². The van der Waals surface area contributed by atoms with Gasteiger partial charge in [0.25, 0.3) is 0 Å². The van der Waals surface area contributed by atoms with E-state index in [0.717, 1.165) is 43.6 Å². The molecule has 0 aromatic heterocycles. The molecule has 0 atom stereocenters. The van der Waals surface area contributed by atoms with Crippen molar-refractivity contribution in [3.05, 3.63) is 71.3 Å². The third-order valence-electron chi connectivity index (χ3n) is 4.67. The number of benzene rings is 2. The van der Waals surface area contributed by atoms with Crippen LogP contribution in [0.25, 0.3) is 0 Å². The molecule has 1 saturated heterocycles. The Morgan fingerprint density at radius 2 is 1.59 bits per heavy atom. The van der Waals surface area contributed by atoms with Crippen LogP contribution >= 0.6 is 0 Å². The number of hydrogen-bond donors (Lipinski definition) is 2. The Bertz CT molecular complexity index is 604. The van der Waals surface area contributed by atoms with Crippen molar-refractivity contribution in [2.24, 2.45) is 5.73 Å². The molecular formula is C19H24N2O. The predicted molar refractivity (Wildman–Crippen MR) is 89.2 cm³/mol. The molecule has 2 aromatic carbocycles. The molecule has 3 nitrogen and oxygen atoms in total. The molecule has 0 unspecified atom stereocenters. The smallest absolute Gasteiger partial charge is 0.0924 e. The Labute approximate surface area is 132 Å². The van der Waals surface area contributed by atoms with Gasteiger partial charge in [-0.2, -0.15) is 0 Å². The lowest BCUT2D eigenvalue weighted by Gasteiger charge is -2.39. The molecule has 1 aliphatic rings. The Balaban J connectivity index is 1.68. The van der Waals surface area contributed by atoms with Gasteiger partial charge in [0, 0.05) is 26.2 Å². The second kappa shape index (κ2) is 6.61. The maximum atomic E-state index is 11.1. The summed E-state index contributed by atoms with van der Waals surface area (Å²) in [7, 11) is 0. The molecule has 0 bridgehead atoms. The third kappa shape index (κ3) is 3.22. The average Bonchev–Trinajstić information content (AvgIpc) is 2.58. The molecule has 22 heavy (non-hydrogen) atoms. The first-order valence-corrected chi connectivity index (χ1v) is 7.98. The Morgan fingerprint density at radius 3 is 2.27 bits per heavy atom. The molecule has 0 amide bonds. The number of likely N-dealkylation sites (tertiary alicyclic amines) is 1. The van der Waals surface area contributed by atoms with E-state index in [-0.39, 0.29) is 0 Å². The molecule has 116 valence electrons. The van der Waals surface area contributed by atoms with Gasteiger partial charge >= 0.3 is 0 Å². The predicted octanol–water partition coefficient (Wildman–Crippen LogP) is 2.63. The number of nitrogens with two attached hydrogens (primary N) is 1. The average molecular weight is 296 g/mol. The molecular weight excluding hydrogens is 272 g/mol. The Hall–Kier alpha value is -1.68. The second-order valence-electron chi connectivity index (χ2n) is 6.15. The molecule has 0 aliphatic carbocycles. The standard InChI is InChI=1S/C19H24N2O/c20-14-17-8-4-5-9-18(17)19(22)10-12-21(13-11-19)15-16-6-2-1-3-7-16/h1-9,22H,10-15,20H2. The molecule has 1 fully saturated rings. The van der Waals surface area contributed by atoms with Crippen LogP contribution in [0.1, 0.15) is 29.5 Å². The van der Waals surface area contributed by atoms with Crippen molar-refractivity contribution in [1.29, 1.82) is 0 Å². The summed E-state index contributed by atoms with van der Waals surface area (Å²) in [6.07, 6.45) is 1.52. The van der Waals surface area contributed by atoms with Crippen LogP contribution in [0.2, 0.25) is 0 Å². The van der Waals surface area contributed by atoms with Crippen LogP contribution in [-0.2, 0) is 18.7 Å². The highest BCUT2D eigenvalue weighted by molar-refractivity contribution is 5.33. The molecule has 2 aromatic rings. The van der Waals surface area contributed by atoms with Crippen molar-refractivity contribution in [2.75, 3.05) is 13.1 Å². The van der Waals surface area contributed by atoms with Gasteiger partial charge in [0.05, 0.1) is 5.60 Å². The third-order valence-corrected chi connectivity index (χ3v) is 4.67. The quantitative estimate of drug-likeness (QED) is 0.912. The van der Waals surface area contributed by atoms with E-state index in [0.29, 0.717) is 6.54 Å². The van der Waals surface area contributed by atoms with Gasteiger partial charge in [-0.3, -0.25) is 4.90 Å². The van der Waals surface area contributed by atoms with Crippen molar-refractivity contribution >= 4 is 0 Å². The second-order valence-corrected chi connectivity index (χ2v) is 6.15. The molecule has 0 spiro atoms. The van der Waals surface area contributed by atoms with Crippen molar-refractivity contribution < 1.29 is 5.11 Å². The maximum Gasteiger partial charge on any atom is 0.0924 e. The normalized spacial score (nSPS) is 18.3. The van der Waals surface area contributed by atoms with Gasteiger partial charge in [0.1, 0.15) is 0 Å². The van der Waals surface area contributed by atoms with Crippen LogP contribution in [0.5, 0.6) is 0 Å². The summed E-state index contributed by atoms with van der Waals surface area (Å²) in [4.78, 5) is 2.41. The SMILES string of the molecule is NCc1ccccc1C1(O)CCN(Cc2ccccc2)CC1. The summed E-state index contributed by atoms with van der Waals surface area (Å²) in [5.41, 5.74) is 8.49. The van der Waals surface area contributed by atoms with Gasteiger partial charge < -0.3 is 10.8 Å². The largest absolute Gasteiger partial charge is 0.385 e. The molecule has 3 N–H and O–H groups in total. The van der Waals surface area contributed by atoms with Gasteiger partial charge in [-0.25, -0.2) is 0 Å². The van der Waals surface area contributed by atoms with Gasteiger partial charge in [0.15, 0.2) is 0 Å². The first kappa shape index (κ1) is 15.2. The monoisotopic (exact) mass is 296 g/mol. The zero-order valence-electron chi connectivity index (χ0n) is 12.9. The van der Waals surface area contributed by atoms with Crippen molar-refractivity contribution in [1.82, 2.24) is 4.90 Å². The lowest BCUT2D eigenvalue weighted by molar-refractivity contribution is -0.0283. The van der Waals surface area contributed by atoms with Gasteiger partial charge in [0.2, 0.25) is 0 Å². The summed E-state index contributed by atoms with van der Waals surface area (Å²) < 4.78 is 0. The van der Waals surface area contributed by atoms with E-state index in [2.05, 4.69) is 29.2 Å². The lowest BCUT2D eigenvalue weighted by Crippen LogP contribution is -2.42. The minimum Gasteiger partial charge on any atom is -0.385 e. The summed E-state index contributed by atoms with van der Waals surface area (Å²) in [6.45, 7) is 3.25. The van der Waals surface area contributed by atoms with Gasteiger partial charge in [-0.05, 0) is 29.5 Å². The minimum atomic E-state index is -0.733. The zero-order chi connectivity index (χ0) is 15.4. The van der Waals surface area contributed by atoms with E-state index in [1.165, 1.54) is 5.56 Å².